The lowest BCUT2D eigenvalue weighted by molar-refractivity contribution is 0.0910. The Kier molecular flexibility index (Phi) is 9.07. The molecule has 0 spiro atoms. The molecule has 6 unspecified atom stereocenters. The van der Waals surface area contributed by atoms with E-state index in [0.29, 0.717) is 42.7 Å². The van der Waals surface area contributed by atoms with Gasteiger partial charge in [0.15, 0.2) is 11.6 Å². The SMILES string of the molecule is CCC(=O)c1cccc(OC2CCC(C)C(CC(=O)c3ccccc3C3CN=CC=NC3C)C(C)C2)c1. The number of aliphatic imine (C=N–C) groups is 2. The standard InChI is InChI=1S/C32H40N2O3/c1-5-31(35)24-9-8-10-25(18-24)37-26-14-13-21(2)29(22(3)17-26)19-32(36)28-12-7-6-11-27(28)30-20-33-15-16-34-23(30)4/h6-12,15-16,18,21-23,26,29-30H,5,13-14,17,19-20H2,1-4H3. The van der Waals surface area contributed by atoms with Crippen LogP contribution in [0.3, 0.4) is 0 Å². The molecule has 37 heavy (non-hydrogen) atoms. The number of hydrogen-bond donors (Lipinski definition) is 0. The number of carbonyl (C=O) groups is 2. The first-order valence-corrected chi connectivity index (χ1v) is 13.8. The van der Waals surface area contributed by atoms with Crippen molar-refractivity contribution in [2.24, 2.45) is 27.7 Å². The van der Waals surface area contributed by atoms with E-state index in [1.54, 1.807) is 12.4 Å². The Labute approximate surface area is 221 Å². The molecule has 2 aliphatic rings. The average Bonchev–Trinajstić information content (AvgIpc) is 3.20. The van der Waals surface area contributed by atoms with Gasteiger partial charge in [-0.3, -0.25) is 19.6 Å². The van der Waals surface area contributed by atoms with Crippen molar-refractivity contribution < 1.29 is 14.3 Å². The number of Topliss-reactive ketones (excluding diaryl/α,β-unsaturated/α-hetero) is 2. The van der Waals surface area contributed by atoms with Gasteiger partial charge in [-0.25, -0.2) is 0 Å². The summed E-state index contributed by atoms with van der Waals surface area (Å²) in [6, 6.07) is 15.7. The minimum absolute atomic E-state index is 0.0798. The molecular formula is C32H40N2O3. The van der Waals surface area contributed by atoms with Crippen LogP contribution < -0.4 is 4.74 Å². The highest BCUT2D eigenvalue weighted by atomic mass is 16.5. The summed E-state index contributed by atoms with van der Waals surface area (Å²) in [5, 5.41) is 0. The summed E-state index contributed by atoms with van der Waals surface area (Å²) in [7, 11) is 0. The van der Waals surface area contributed by atoms with E-state index >= 15 is 0 Å². The topological polar surface area (TPSA) is 68.1 Å². The van der Waals surface area contributed by atoms with Crippen LogP contribution in [0.4, 0.5) is 0 Å². The van der Waals surface area contributed by atoms with Gasteiger partial charge in [0.2, 0.25) is 0 Å². The Bertz CT molecular complexity index is 1150. The van der Waals surface area contributed by atoms with Gasteiger partial charge in [0.05, 0.1) is 12.1 Å². The van der Waals surface area contributed by atoms with E-state index in [9.17, 15) is 9.59 Å². The molecule has 196 valence electrons. The molecule has 1 aliphatic carbocycles. The maximum absolute atomic E-state index is 13.7. The highest BCUT2D eigenvalue weighted by Gasteiger charge is 2.34. The van der Waals surface area contributed by atoms with Crippen molar-refractivity contribution in [3.8, 4) is 5.75 Å². The maximum Gasteiger partial charge on any atom is 0.163 e. The van der Waals surface area contributed by atoms with Gasteiger partial charge in [-0.1, -0.05) is 57.2 Å². The number of nitrogens with zero attached hydrogens (tertiary/aromatic N) is 2. The summed E-state index contributed by atoms with van der Waals surface area (Å²) < 4.78 is 6.39. The van der Waals surface area contributed by atoms with Crippen LogP contribution in [0.2, 0.25) is 0 Å². The minimum Gasteiger partial charge on any atom is -0.490 e. The van der Waals surface area contributed by atoms with E-state index < -0.39 is 0 Å². The summed E-state index contributed by atoms with van der Waals surface area (Å²) in [5.74, 6) is 2.29. The predicted molar refractivity (Wildman–Crippen MR) is 151 cm³/mol. The van der Waals surface area contributed by atoms with E-state index in [0.717, 1.165) is 36.1 Å². The van der Waals surface area contributed by atoms with Crippen molar-refractivity contribution in [1.29, 1.82) is 0 Å². The predicted octanol–water partition coefficient (Wildman–Crippen LogP) is 7.00. The quantitative estimate of drug-likeness (QED) is 0.289. The first-order chi connectivity index (χ1) is 17.9. The summed E-state index contributed by atoms with van der Waals surface area (Å²) in [4.78, 5) is 34.9. The second-order valence-corrected chi connectivity index (χ2v) is 10.8. The smallest absolute Gasteiger partial charge is 0.163 e. The lowest BCUT2D eigenvalue weighted by Gasteiger charge is -2.28. The molecule has 1 fully saturated rings. The molecule has 4 rings (SSSR count). The fraction of sp³-hybridized carbons (Fsp3) is 0.500. The lowest BCUT2D eigenvalue weighted by Crippen LogP contribution is -2.25. The van der Waals surface area contributed by atoms with Gasteiger partial charge in [-0.15, -0.1) is 0 Å². The van der Waals surface area contributed by atoms with Crippen molar-refractivity contribution in [2.45, 2.75) is 77.9 Å². The number of rotatable bonds is 8. The molecule has 0 N–H and O–H groups in total. The molecule has 5 nitrogen and oxygen atoms in total. The van der Waals surface area contributed by atoms with E-state index in [4.69, 9.17) is 4.74 Å². The Morgan fingerprint density at radius 1 is 0.946 bits per heavy atom. The molecule has 0 saturated heterocycles. The third-order valence-corrected chi connectivity index (χ3v) is 8.28. The van der Waals surface area contributed by atoms with E-state index in [-0.39, 0.29) is 29.6 Å². The third-order valence-electron chi connectivity index (χ3n) is 8.28. The van der Waals surface area contributed by atoms with Gasteiger partial charge in [0.1, 0.15) is 5.75 Å². The first kappa shape index (κ1) is 27.0. The zero-order valence-corrected chi connectivity index (χ0v) is 22.6. The van der Waals surface area contributed by atoms with Gasteiger partial charge in [-0.2, -0.15) is 0 Å². The highest BCUT2D eigenvalue weighted by Crippen LogP contribution is 2.38. The third kappa shape index (κ3) is 6.63. The molecule has 1 aliphatic heterocycles. The molecule has 0 bridgehead atoms. The minimum atomic E-state index is 0.0798. The van der Waals surface area contributed by atoms with E-state index in [1.165, 1.54) is 0 Å². The lowest BCUT2D eigenvalue weighted by atomic mass is 9.77. The molecule has 6 atom stereocenters. The van der Waals surface area contributed by atoms with Crippen molar-refractivity contribution in [1.82, 2.24) is 0 Å². The second kappa shape index (κ2) is 12.4. The summed E-state index contributed by atoms with van der Waals surface area (Å²) in [6.07, 6.45) is 7.51. The van der Waals surface area contributed by atoms with Gasteiger partial charge < -0.3 is 4.74 Å². The average molecular weight is 501 g/mol. The zero-order chi connectivity index (χ0) is 26.4. The van der Waals surface area contributed by atoms with Crippen LogP contribution in [-0.2, 0) is 0 Å². The van der Waals surface area contributed by atoms with Crippen LogP contribution in [0.5, 0.6) is 5.75 Å². The monoisotopic (exact) mass is 500 g/mol. The number of ether oxygens (including phenoxy) is 1. The fourth-order valence-electron chi connectivity index (χ4n) is 5.99. The van der Waals surface area contributed by atoms with E-state index in [1.807, 2.05) is 49.4 Å². The van der Waals surface area contributed by atoms with Crippen LogP contribution >= 0.6 is 0 Å². The van der Waals surface area contributed by atoms with Gasteiger partial charge in [0, 0.05) is 48.9 Å². The highest BCUT2D eigenvalue weighted by molar-refractivity contribution is 6.16. The Morgan fingerprint density at radius 3 is 2.57 bits per heavy atom. The molecule has 2 aromatic carbocycles. The van der Waals surface area contributed by atoms with E-state index in [2.05, 4.69) is 36.8 Å². The Hall–Kier alpha value is -3.08. The number of benzene rings is 2. The molecule has 5 heteroatoms. The summed E-state index contributed by atoms with van der Waals surface area (Å²) in [5.41, 5.74) is 2.59. The largest absolute Gasteiger partial charge is 0.490 e. The van der Waals surface area contributed by atoms with Crippen molar-refractivity contribution in [3.05, 3.63) is 65.2 Å². The molecule has 1 heterocycles. The second-order valence-electron chi connectivity index (χ2n) is 10.8. The Balaban J connectivity index is 1.46. The molecule has 0 aromatic heterocycles. The van der Waals surface area contributed by atoms with Gasteiger partial charge >= 0.3 is 0 Å². The van der Waals surface area contributed by atoms with Crippen LogP contribution in [0, 0.1) is 17.8 Å². The molecular weight excluding hydrogens is 460 g/mol. The van der Waals surface area contributed by atoms with Crippen LogP contribution in [0.25, 0.3) is 0 Å². The number of carbonyl (C=O) groups excluding carboxylic acids is 2. The number of hydrogen-bond acceptors (Lipinski definition) is 5. The molecule has 0 amide bonds. The zero-order valence-electron chi connectivity index (χ0n) is 22.6. The normalized spacial score (nSPS) is 27.8. The summed E-state index contributed by atoms with van der Waals surface area (Å²) >= 11 is 0. The van der Waals surface area contributed by atoms with Crippen molar-refractivity contribution in [3.63, 3.8) is 0 Å². The molecule has 2 aromatic rings. The van der Waals surface area contributed by atoms with Crippen molar-refractivity contribution in [2.75, 3.05) is 6.54 Å². The van der Waals surface area contributed by atoms with Crippen LogP contribution in [0.1, 0.15) is 92.0 Å². The molecule has 1 saturated carbocycles. The van der Waals surface area contributed by atoms with Crippen LogP contribution in [0.15, 0.2) is 58.5 Å². The first-order valence-electron chi connectivity index (χ1n) is 13.8. The van der Waals surface area contributed by atoms with Gasteiger partial charge in [0.25, 0.3) is 0 Å². The van der Waals surface area contributed by atoms with Crippen molar-refractivity contribution >= 4 is 24.0 Å². The molecule has 0 radical (unpaired) electrons. The Morgan fingerprint density at radius 2 is 1.76 bits per heavy atom. The number of ketones is 2. The van der Waals surface area contributed by atoms with Gasteiger partial charge in [-0.05, 0) is 61.6 Å². The van der Waals surface area contributed by atoms with Crippen LogP contribution in [-0.4, -0.2) is 42.7 Å². The maximum atomic E-state index is 13.7. The fourth-order valence-corrected chi connectivity index (χ4v) is 5.99. The summed E-state index contributed by atoms with van der Waals surface area (Å²) in [6.45, 7) is 9.16.